The number of ether oxygens (including phenoxy) is 2. The molecule has 6 heteroatoms. The Morgan fingerprint density at radius 1 is 1.08 bits per heavy atom. The lowest BCUT2D eigenvalue weighted by Gasteiger charge is -2.19. The predicted molar refractivity (Wildman–Crippen MR) is 103 cm³/mol. The average Bonchev–Trinajstić information content (AvgIpc) is 2.62. The van der Waals surface area contributed by atoms with Crippen LogP contribution in [0.3, 0.4) is 0 Å². The number of sulfonamides is 1. The molecular formula is C20H27NO4S. The third-order valence-electron chi connectivity index (χ3n) is 4.17. The summed E-state index contributed by atoms with van der Waals surface area (Å²) in [4.78, 5) is 0.274. The molecule has 2 rings (SSSR count). The van der Waals surface area contributed by atoms with Gasteiger partial charge in [-0.15, -0.1) is 0 Å². The lowest BCUT2D eigenvalue weighted by Crippen LogP contribution is -2.26. The monoisotopic (exact) mass is 377 g/mol. The Morgan fingerprint density at radius 3 is 2.27 bits per heavy atom. The van der Waals surface area contributed by atoms with Gasteiger partial charge < -0.3 is 9.47 Å². The number of rotatable bonds is 8. The molecule has 0 N–H and O–H groups in total. The molecule has 0 aliphatic heterocycles. The Kier molecular flexibility index (Phi) is 6.67. The topological polar surface area (TPSA) is 55.8 Å². The number of methoxy groups -OCH3 is 1. The van der Waals surface area contributed by atoms with E-state index in [1.165, 1.54) is 4.31 Å². The van der Waals surface area contributed by atoms with Gasteiger partial charge in [0, 0.05) is 13.6 Å². The van der Waals surface area contributed by atoms with Gasteiger partial charge in [-0.2, -0.15) is 4.31 Å². The number of nitrogens with zero attached hydrogens (tertiary/aromatic N) is 1. The van der Waals surface area contributed by atoms with Crippen molar-refractivity contribution in [2.45, 2.75) is 38.1 Å². The normalized spacial score (nSPS) is 11.8. The van der Waals surface area contributed by atoms with Crippen LogP contribution >= 0.6 is 0 Å². The largest absolute Gasteiger partial charge is 0.496 e. The zero-order valence-electron chi connectivity index (χ0n) is 16.0. The highest BCUT2D eigenvalue weighted by atomic mass is 32.2. The SMILES string of the molecule is CCOc1ccc(CN(C)S(=O)(=O)c2ccc(OC)c(C(C)C)c2)cc1. The Labute approximate surface area is 156 Å². The number of benzene rings is 2. The summed E-state index contributed by atoms with van der Waals surface area (Å²) in [5, 5.41) is 0. The summed E-state index contributed by atoms with van der Waals surface area (Å²) in [5.41, 5.74) is 1.78. The van der Waals surface area contributed by atoms with Crippen molar-refractivity contribution in [3.05, 3.63) is 53.6 Å². The highest BCUT2D eigenvalue weighted by Gasteiger charge is 2.23. The van der Waals surface area contributed by atoms with Crippen molar-refractivity contribution in [3.63, 3.8) is 0 Å². The summed E-state index contributed by atoms with van der Waals surface area (Å²) in [6.07, 6.45) is 0. The zero-order chi connectivity index (χ0) is 19.3. The minimum atomic E-state index is -3.59. The molecule has 5 nitrogen and oxygen atoms in total. The smallest absolute Gasteiger partial charge is 0.243 e. The van der Waals surface area contributed by atoms with Crippen LogP contribution in [0.2, 0.25) is 0 Å². The third kappa shape index (κ3) is 4.56. The van der Waals surface area contributed by atoms with Crippen molar-refractivity contribution in [2.24, 2.45) is 0 Å². The van der Waals surface area contributed by atoms with Crippen molar-refractivity contribution >= 4 is 10.0 Å². The molecule has 0 spiro atoms. The lowest BCUT2D eigenvalue weighted by molar-refractivity contribution is 0.340. The van der Waals surface area contributed by atoms with E-state index in [2.05, 4.69) is 0 Å². The van der Waals surface area contributed by atoms with E-state index in [0.717, 1.165) is 16.9 Å². The Hall–Kier alpha value is -2.05. The van der Waals surface area contributed by atoms with Gasteiger partial charge in [0.15, 0.2) is 0 Å². The molecule has 0 aliphatic carbocycles. The summed E-state index contributed by atoms with van der Waals surface area (Å²) < 4.78 is 38.0. The van der Waals surface area contributed by atoms with Gasteiger partial charge >= 0.3 is 0 Å². The molecule has 0 unspecified atom stereocenters. The van der Waals surface area contributed by atoms with E-state index in [-0.39, 0.29) is 17.4 Å². The van der Waals surface area contributed by atoms with E-state index in [4.69, 9.17) is 9.47 Å². The maximum atomic E-state index is 12.9. The molecule has 0 aliphatic rings. The third-order valence-corrected chi connectivity index (χ3v) is 5.97. The van der Waals surface area contributed by atoms with Crippen LogP contribution in [-0.4, -0.2) is 33.5 Å². The van der Waals surface area contributed by atoms with E-state index in [9.17, 15) is 8.42 Å². The number of hydrogen-bond acceptors (Lipinski definition) is 4. The summed E-state index contributed by atoms with van der Waals surface area (Å²) in [5.74, 6) is 1.64. The minimum Gasteiger partial charge on any atom is -0.496 e. The van der Waals surface area contributed by atoms with Crippen LogP contribution in [-0.2, 0) is 16.6 Å². The van der Waals surface area contributed by atoms with Gasteiger partial charge in [-0.05, 0) is 54.3 Å². The van der Waals surface area contributed by atoms with Crippen LogP contribution in [0.15, 0.2) is 47.4 Å². The predicted octanol–water partition coefficient (Wildman–Crippen LogP) is 4.04. The fourth-order valence-corrected chi connectivity index (χ4v) is 3.90. The first-order valence-electron chi connectivity index (χ1n) is 8.65. The van der Waals surface area contributed by atoms with Crippen molar-refractivity contribution in [3.8, 4) is 11.5 Å². The highest BCUT2D eigenvalue weighted by molar-refractivity contribution is 7.89. The van der Waals surface area contributed by atoms with Crippen LogP contribution in [0.4, 0.5) is 0 Å². The van der Waals surface area contributed by atoms with Crippen LogP contribution in [0, 0.1) is 0 Å². The standard InChI is InChI=1S/C20H27NO4S/c1-6-25-17-9-7-16(8-10-17)14-21(4)26(22,23)18-11-12-20(24-5)19(13-18)15(2)3/h7-13,15H,6,14H2,1-5H3. The van der Waals surface area contributed by atoms with Crippen molar-refractivity contribution < 1.29 is 17.9 Å². The molecule has 0 bridgehead atoms. The van der Waals surface area contributed by atoms with Gasteiger partial charge in [0.25, 0.3) is 0 Å². The lowest BCUT2D eigenvalue weighted by atomic mass is 10.0. The molecule has 142 valence electrons. The molecule has 0 saturated carbocycles. The summed E-state index contributed by atoms with van der Waals surface area (Å²) in [7, 11) is -0.413. The van der Waals surface area contributed by atoms with E-state index < -0.39 is 10.0 Å². The first-order valence-corrected chi connectivity index (χ1v) is 10.1. The maximum Gasteiger partial charge on any atom is 0.243 e. The highest BCUT2D eigenvalue weighted by Crippen LogP contribution is 2.30. The molecular weight excluding hydrogens is 350 g/mol. The molecule has 2 aromatic rings. The van der Waals surface area contributed by atoms with Crippen molar-refractivity contribution in [1.29, 1.82) is 0 Å². The first-order chi connectivity index (χ1) is 12.3. The van der Waals surface area contributed by atoms with Gasteiger partial charge in [-0.3, -0.25) is 0 Å². The average molecular weight is 378 g/mol. The fraction of sp³-hybridized carbons (Fsp3) is 0.400. The van der Waals surface area contributed by atoms with Crippen LogP contribution < -0.4 is 9.47 Å². The molecule has 0 saturated heterocycles. The first kappa shape index (κ1) is 20.3. The van der Waals surface area contributed by atoms with E-state index >= 15 is 0 Å². The van der Waals surface area contributed by atoms with Crippen LogP contribution in [0.25, 0.3) is 0 Å². The zero-order valence-corrected chi connectivity index (χ0v) is 16.8. The van der Waals surface area contributed by atoms with Gasteiger partial charge in [0.2, 0.25) is 10.0 Å². The molecule has 0 radical (unpaired) electrons. The Bertz CT molecular complexity index is 829. The van der Waals surface area contributed by atoms with E-state index in [1.807, 2.05) is 45.0 Å². The molecule has 26 heavy (non-hydrogen) atoms. The molecule has 0 amide bonds. The molecule has 0 atom stereocenters. The van der Waals surface area contributed by atoms with E-state index in [1.54, 1.807) is 32.4 Å². The Balaban J connectivity index is 2.24. The molecule has 0 heterocycles. The minimum absolute atomic E-state index is 0.163. The fourth-order valence-electron chi connectivity index (χ4n) is 2.70. The second kappa shape index (κ2) is 8.56. The van der Waals surface area contributed by atoms with Crippen molar-refractivity contribution in [1.82, 2.24) is 4.31 Å². The van der Waals surface area contributed by atoms with Gasteiger partial charge in [0.1, 0.15) is 11.5 Å². The van der Waals surface area contributed by atoms with Gasteiger partial charge in [-0.25, -0.2) is 8.42 Å². The summed E-state index contributed by atoms with van der Waals surface area (Å²) in [6.45, 7) is 6.84. The summed E-state index contributed by atoms with van der Waals surface area (Å²) in [6, 6.07) is 12.5. The second-order valence-electron chi connectivity index (χ2n) is 6.40. The molecule has 2 aromatic carbocycles. The van der Waals surface area contributed by atoms with Crippen LogP contribution in [0.5, 0.6) is 11.5 Å². The number of hydrogen-bond donors (Lipinski definition) is 0. The quantitative estimate of drug-likeness (QED) is 0.697. The molecule has 0 aromatic heterocycles. The van der Waals surface area contributed by atoms with Crippen LogP contribution in [0.1, 0.15) is 37.8 Å². The Morgan fingerprint density at radius 2 is 1.73 bits per heavy atom. The maximum absolute atomic E-state index is 12.9. The second-order valence-corrected chi connectivity index (χ2v) is 8.44. The molecule has 0 fully saturated rings. The summed E-state index contributed by atoms with van der Waals surface area (Å²) >= 11 is 0. The van der Waals surface area contributed by atoms with Crippen molar-refractivity contribution in [2.75, 3.05) is 20.8 Å². The van der Waals surface area contributed by atoms with Gasteiger partial charge in [0.05, 0.1) is 18.6 Å². The van der Waals surface area contributed by atoms with Gasteiger partial charge in [-0.1, -0.05) is 26.0 Å². The van der Waals surface area contributed by atoms with E-state index in [0.29, 0.717) is 12.4 Å².